The Balaban J connectivity index is 1.92. The second-order valence-electron chi connectivity index (χ2n) is 5.26. The van der Waals surface area contributed by atoms with Crippen LogP contribution in [0.5, 0.6) is 0 Å². The Kier molecular flexibility index (Phi) is 5.76. The zero-order chi connectivity index (χ0) is 16.8. The summed E-state index contributed by atoms with van der Waals surface area (Å²) in [5.74, 6) is -0.0207. The average molecular weight is 375 g/mol. The smallest absolute Gasteiger partial charge is 0.246 e. The quantitative estimate of drug-likeness (QED) is 0.566. The normalized spacial score (nSPS) is 11.2. The van der Waals surface area contributed by atoms with Gasteiger partial charge in [-0.25, -0.2) is 4.99 Å². The molecule has 0 aliphatic rings. The van der Waals surface area contributed by atoms with Crippen LogP contribution >= 0.6 is 15.9 Å². The number of halogens is 1. The Morgan fingerprint density at radius 3 is 2.43 bits per heavy atom. The van der Waals surface area contributed by atoms with E-state index >= 15 is 0 Å². The van der Waals surface area contributed by atoms with Crippen LogP contribution in [0.15, 0.2) is 51.9 Å². The number of anilines is 2. The Bertz CT molecular complexity index is 723. The van der Waals surface area contributed by atoms with Crippen LogP contribution in [-0.2, 0) is 4.79 Å². The van der Waals surface area contributed by atoms with Crippen LogP contribution in [-0.4, -0.2) is 18.4 Å². The maximum Gasteiger partial charge on any atom is 0.246 e. The van der Waals surface area contributed by atoms with Gasteiger partial charge in [0.2, 0.25) is 5.91 Å². The number of nitrogens with zero attached hydrogens (tertiary/aromatic N) is 1. The molecule has 0 aromatic heterocycles. The number of amides is 1. The van der Waals surface area contributed by atoms with Gasteiger partial charge in [0.25, 0.3) is 0 Å². The van der Waals surface area contributed by atoms with Crippen molar-refractivity contribution in [3.05, 3.63) is 58.1 Å². The summed E-state index contributed by atoms with van der Waals surface area (Å²) in [7, 11) is 0. The number of rotatable bonds is 4. The zero-order valence-corrected chi connectivity index (χ0v) is 14.6. The molecule has 6 heteroatoms. The van der Waals surface area contributed by atoms with Crippen molar-refractivity contribution in [3.63, 3.8) is 0 Å². The number of nitrogens with two attached hydrogens (primary N) is 1. The summed E-state index contributed by atoms with van der Waals surface area (Å²) < 4.78 is 0.898. The summed E-state index contributed by atoms with van der Waals surface area (Å²) in [6.07, 6.45) is 0. The van der Waals surface area contributed by atoms with E-state index in [0.717, 1.165) is 21.3 Å². The van der Waals surface area contributed by atoms with Crippen LogP contribution in [0.1, 0.15) is 11.1 Å². The summed E-state index contributed by atoms with van der Waals surface area (Å²) in [4.78, 5) is 15.9. The van der Waals surface area contributed by atoms with Crippen molar-refractivity contribution in [2.24, 2.45) is 10.7 Å². The Morgan fingerprint density at radius 1 is 1.09 bits per heavy atom. The molecule has 23 heavy (non-hydrogen) atoms. The van der Waals surface area contributed by atoms with E-state index in [1.165, 1.54) is 0 Å². The average Bonchev–Trinajstić information content (AvgIpc) is 2.44. The molecule has 120 valence electrons. The molecule has 0 unspecified atom stereocenters. The van der Waals surface area contributed by atoms with E-state index in [-0.39, 0.29) is 18.4 Å². The van der Waals surface area contributed by atoms with Crippen molar-refractivity contribution >= 4 is 39.2 Å². The second-order valence-corrected chi connectivity index (χ2v) is 6.18. The predicted octanol–water partition coefficient (Wildman–Crippen LogP) is 3.43. The highest BCUT2D eigenvalue weighted by Gasteiger charge is 2.03. The first-order valence-corrected chi connectivity index (χ1v) is 7.92. The van der Waals surface area contributed by atoms with Gasteiger partial charge in [-0.05, 0) is 55.3 Å². The van der Waals surface area contributed by atoms with Gasteiger partial charge in [0.1, 0.15) is 6.54 Å². The Morgan fingerprint density at radius 2 is 1.78 bits per heavy atom. The van der Waals surface area contributed by atoms with Crippen LogP contribution < -0.4 is 16.4 Å². The van der Waals surface area contributed by atoms with Gasteiger partial charge in [-0.2, -0.15) is 0 Å². The minimum Gasteiger partial charge on any atom is -0.370 e. The lowest BCUT2D eigenvalue weighted by atomic mass is 10.1. The largest absolute Gasteiger partial charge is 0.370 e. The third-order valence-electron chi connectivity index (χ3n) is 3.00. The van der Waals surface area contributed by atoms with E-state index in [1.54, 1.807) is 0 Å². The first-order chi connectivity index (χ1) is 10.9. The van der Waals surface area contributed by atoms with Crippen LogP contribution in [0.3, 0.4) is 0 Å². The molecule has 0 heterocycles. The summed E-state index contributed by atoms with van der Waals surface area (Å²) in [5, 5.41) is 5.75. The zero-order valence-electron chi connectivity index (χ0n) is 13.1. The van der Waals surface area contributed by atoms with E-state index in [9.17, 15) is 4.79 Å². The van der Waals surface area contributed by atoms with E-state index < -0.39 is 0 Å². The van der Waals surface area contributed by atoms with Crippen LogP contribution in [0.25, 0.3) is 0 Å². The number of carbonyl (C=O) groups is 1. The molecule has 0 saturated carbocycles. The van der Waals surface area contributed by atoms with Crippen molar-refractivity contribution in [1.29, 1.82) is 0 Å². The van der Waals surface area contributed by atoms with E-state index in [0.29, 0.717) is 5.69 Å². The van der Waals surface area contributed by atoms with Gasteiger partial charge in [-0.3, -0.25) is 4.79 Å². The number of carbonyl (C=O) groups excluding carboxylic acids is 1. The molecule has 0 fully saturated rings. The van der Waals surface area contributed by atoms with Crippen LogP contribution in [0, 0.1) is 13.8 Å². The standard InChI is InChI=1S/C17H19BrN4O/c1-11-6-12(2)8-15(7-11)22-17(19)20-10-16(23)21-14-5-3-4-13(18)9-14/h3-9H,10H2,1-2H3,(H,21,23)(H3,19,20,22). The molecule has 2 rings (SSSR count). The van der Waals surface area contributed by atoms with Gasteiger partial charge in [-0.15, -0.1) is 0 Å². The Hall–Kier alpha value is -2.34. The fourth-order valence-electron chi connectivity index (χ4n) is 2.16. The molecule has 4 N–H and O–H groups in total. The SMILES string of the molecule is Cc1cc(C)cc(NC(N)=NCC(=O)Nc2cccc(Br)c2)c1. The molecule has 0 aliphatic carbocycles. The number of aliphatic imine (C=N–C) groups is 1. The molecule has 0 bridgehead atoms. The lowest BCUT2D eigenvalue weighted by Crippen LogP contribution is -2.25. The fourth-order valence-corrected chi connectivity index (χ4v) is 2.56. The molecule has 0 spiro atoms. The number of benzene rings is 2. The van der Waals surface area contributed by atoms with Gasteiger partial charge in [-0.1, -0.05) is 28.1 Å². The van der Waals surface area contributed by atoms with Gasteiger partial charge in [0.05, 0.1) is 0 Å². The number of hydrogen-bond donors (Lipinski definition) is 3. The molecule has 0 aliphatic heterocycles. The molecular formula is C17H19BrN4O. The van der Waals surface area contributed by atoms with E-state index in [4.69, 9.17) is 5.73 Å². The van der Waals surface area contributed by atoms with Crippen molar-refractivity contribution in [2.75, 3.05) is 17.2 Å². The maximum absolute atomic E-state index is 11.9. The lowest BCUT2D eigenvalue weighted by molar-refractivity contribution is -0.114. The molecular weight excluding hydrogens is 356 g/mol. The molecule has 1 amide bonds. The highest BCUT2D eigenvalue weighted by Crippen LogP contribution is 2.15. The summed E-state index contributed by atoms with van der Waals surface area (Å²) in [6, 6.07) is 13.4. The van der Waals surface area contributed by atoms with Gasteiger partial charge < -0.3 is 16.4 Å². The van der Waals surface area contributed by atoms with Crippen molar-refractivity contribution < 1.29 is 4.79 Å². The summed E-state index contributed by atoms with van der Waals surface area (Å²) >= 11 is 3.35. The molecule has 5 nitrogen and oxygen atoms in total. The minimum atomic E-state index is -0.228. The number of aryl methyl sites for hydroxylation is 2. The Labute approximate surface area is 144 Å². The monoisotopic (exact) mass is 374 g/mol. The third-order valence-corrected chi connectivity index (χ3v) is 3.49. The molecule has 0 atom stereocenters. The minimum absolute atomic E-state index is 0.0455. The fraction of sp³-hybridized carbons (Fsp3) is 0.176. The number of hydrogen-bond acceptors (Lipinski definition) is 2. The van der Waals surface area contributed by atoms with Gasteiger partial charge in [0, 0.05) is 15.8 Å². The van der Waals surface area contributed by atoms with Gasteiger partial charge >= 0.3 is 0 Å². The molecule has 0 saturated heterocycles. The van der Waals surface area contributed by atoms with Crippen molar-refractivity contribution in [3.8, 4) is 0 Å². The predicted molar refractivity (Wildman–Crippen MR) is 98.8 cm³/mol. The highest BCUT2D eigenvalue weighted by molar-refractivity contribution is 9.10. The third kappa shape index (κ3) is 5.75. The first kappa shape index (κ1) is 17.0. The van der Waals surface area contributed by atoms with Crippen LogP contribution in [0.2, 0.25) is 0 Å². The number of nitrogens with one attached hydrogen (secondary N) is 2. The second kappa shape index (κ2) is 7.78. The lowest BCUT2D eigenvalue weighted by Gasteiger charge is -2.08. The van der Waals surface area contributed by atoms with E-state index in [1.807, 2.05) is 50.2 Å². The summed E-state index contributed by atoms with van der Waals surface area (Å²) in [5.41, 5.74) is 9.65. The molecule has 0 radical (unpaired) electrons. The van der Waals surface area contributed by atoms with Gasteiger partial charge in [0.15, 0.2) is 5.96 Å². The van der Waals surface area contributed by atoms with Crippen LogP contribution in [0.4, 0.5) is 11.4 Å². The van der Waals surface area contributed by atoms with E-state index in [2.05, 4.69) is 37.6 Å². The number of guanidine groups is 1. The highest BCUT2D eigenvalue weighted by atomic mass is 79.9. The summed E-state index contributed by atoms with van der Waals surface area (Å²) in [6.45, 7) is 3.98. The molecule has 2 aromatic carbocycles. The first-order valence-electron chi connectivity index (χ1n) is 7.13. The van der Waals surface area contributed by atoms with Crippen molar-refractivity contribution in [1.82, 2.24) is 0 Å². The molecule has 2 aromatic rings. The maximum atomic E-state index is 11.9. The van der Waals surface area contributed by atoms with Crippen molar-refractivity contribution in [2.45, 2.75) is 13.8 Å². The topological polar surface area (TPSA) is 79.5 Å².